The van der Waals surface area contributed by atoms with Gasteiger partial charge in [0.15, 0.2) is 0 Å². The van der Waals surface area contributed by atoms with Crippen LogP contribution in [-0.2, 0) is 9.53 Å². The van der Waals surface area contributed by atoms with Crippen molar-refractivity contribution in [2.45, 2.75) is 52.0 Å². The molecule has 0 radical (unpaired) electrons. The van der Waals surface area contributed by atoms with Gasteiger partial charge < -0.3 is 10.1 Å². The summed E-state index contributed by atoms with van der Waals surface area (Å²) in [6.07, 6.45) is 9.60. The zero-order chi connectivity index (χ0) is 15.8. The number of carbonyl (C=O) groups excluding carboxylic acids is 1. The maximum absolute atomic E-state index is 12.4. The number of ether oxygens (including phenoxy) is 1. The van der Waals surface area contributed by atoms with Crippen molar-refractivity contribution in [2.24, 2.45) is 11.8 Å². The second-order valence-electron chi connectivity index (χ2n) is 6.52. The van der Waals surface area contributed by atoms with Crippen molar-refractivity contribution in [3.63, 3.8) is 0 Å². The number of hydrogen-bond acceptors (Lipinski definition) is 3. The fourth-order valence-corrected chi connectivity index (χ4v) is 3.72. The van der Waals surface area contributed by atoms with Crippen LogP contribution in [0.3, 0.4) is 0 Å². The molecular formula is C18H32N2O2. The summed E-state index contributed by atoms with van der Waals surface area (Å²) in [5.41, 5.74) is 0. The molecule has 126 valence electrons. The Hall–Kier alpha value is -0.870. The van der Waals surface area contributed by atoms with E-state index in [1.54, 1.807) is 0 Å². The van der Waals surface area contributed by atoms with E-state index in [0.717, 1.165) is 52.1 Å². The minimum absolute atomic E-state index is 0.178. The number of morpholine rings is 1. The average molecular weight is 308 g/mol. The molecule has 1 aliphatic carbocycles. The fourth-order valence-electron chi connectivity index (χ4n) is 3.72. The Labute approximate surface area is 135 Å². The third kappa shape index (κ3) is 4.82. The predicted octanol–water partition coefficient (Wildman–Crippen LogP) is 2.60. The molecule has 2 unspecified atom stereocenters. The summed E-state index contributed by atoms with van der Waals surface area (Å²) in [5, 5.41) is 3.24. The van der Waals surface area contributed by atoms with E-state index in [9.17, 15) is 4.79 Å². The average Bonchev–Trinajstić information content (AvgIpc) is 2.60. The fraction of sp³-hybridized carbons (Fsp3) is 0.833. The lowest BCUT2D eigenvalue weighted by molar-refractivity contribution is -0.125. The lowest BCUT2D eigenvalue weighted by Crippen LogP contribution is -2.52. The third-order valence-electron chi connectivity index (χ3n) is 5.23. The highest BCUT2D eigenvalue weighted by molar-refractivity contribution is 5.79. The molecule has 22 heavy (non-hydrogen) atoms. The third-order valence-corrected chi connectivity index (χ3v) is 5.23. The lowest BCUT2D eigenvalue weighted by atomic mass is 9.91. The molecule has 1 heterocycles. The van der Waals surface area contributed by atoms with Crippen molar-refractivity contribution >= 4 is 5.91 Å². The first-order chi connectivity index (χ1) is 10.8. The van der Waals surface area contributed by atoms with E-state index in [1.165, 1.54) is 12.8 Å². The van der Waals surface area contributed by atoms with E-state index >= 15 is 0 Å². The van der Waals surface area contributed by atoms with E-state index in [4.69, 9.17) is 4.74 Å². The highest BCUT2D eigenvalue weighted by Gasteiger charge is 2.28. The number of rotatable bonds is 7. The normalized spacial score (nSPS) is 24.4. The SMILES string of the molecule is CCC(CC)C(CNC(=O)C1CC=CCC1)N1CCOCC1. The minimum atomic E-state index is 0.178. The van der Waals surface area contributed by atoms with Gasteiger partial charge in [-0.2, -0.15) is 0 Å². The molecule has 1 saturated heterocycles. The van der Waals surface area contributed by atoms with Crippen LogP contribution in [0, 0.1) is 11.8 Å². The van der Waals surface area contributed by atoms with Crippen LogP contribution in [0.25, 0.3) is 0 Å². The zero-order valence-electron chi connectivity index (χ0n) is 14.2. The molecule has 2 atom stereocenters. The molecule has 0 aromatic carbocycles. The molecule has 1 N–H and O–H groups in total. The Morgan fingerprint density at radius 1 is 1.27 bits per heavy atom. The van der Waals surface area contributed by atoms with Gasteiger partial charge in [0.05, 0.1) is 13.2 Å². The van der Waals surface area contributed by atoms with E-state index in [0.29, 0.717) is 12.0 Å². The van der Waals surface area contributed by atoms with Gasteiger partial charge in [-0.25, -0.2) is 0 Å². The Balaban J connectivity index is 1.90. The van der Waals surface area contributed by atoms with Gasteiger partial charge >= 0.3 is 0 Å². The molecule has 1 amide bonds. The molecule has 0 aromatic heterocycles. The van der Waals surface area contributed by atoms with Gasteiger partial charge in [0.2, 0.25) is 5.91 Å². The van der Waals surface area contributed by atoms with Crippen LogP contribution in [0.5, 0.6) is 0 Å². The largest absolute Gasteiger partial charge is 0.379 e. The molecule has 4 heteroatoms. The molecule has 2 rings (SSSR count). The number of nitrogens with one attached hydrogen (secondary N) is 1. The van der Waals surface area contributed by atoms with Crippen molar-refractivity contribution in [1.82, 2.24) is 10.2 Å². The second-order valence-corrected chi connectivity index (χ2v) is 6.52. The Bertz CT molecular complexity index is 360. The Morgan fingerprint density at radius 2 is 2.00 bits per heavy atom. The van der Waals surface area contributed by atoms with Crippen LogP contribution in [0.15, 0.2) is 12.2 Å². The standard InChI is InChI=1S/C18H32N2O2/c1-3-15(4-2)17(20-10-12-22-13-11-20)14-19-18(21)16-8-6-5-7-9-16/h5-6,15-17H,3-4,7-14H2,1-2H3,(H,19,21). The van der Waals surface area contributed by atoms with E-state index < -0.39 is 0 Å². The zero-order valence-corrected chi connectivity index (χ0v) is 14.2. The van der Waals surface area contributed by atoms with Crippen molar-refractivity contribution in [2.75, 3.05) is 32.8 Å². The molecule has 1 fully saturated rings. The molecular weight excluding hydrogens is 276 g/mol. The first kappa shape index (κ1) is 17.5. The molecule has 0 saturated carbocycles. The lowest BCUT2D eigenvalue weighted by Gasteiger charge is -2.39. The Kier molecular flexibility index (Phi) is 7.40. The highest BCUT2D eigenvalue weighted by Crippen LogP contribution is 2.21. The molecule has 4 nitrogen and oxygen atoms in total. The number of amides is 1. The van der Waals surface area contributed by atoms with Crippen molar-refractivity contribution in [3.05, 3.63) is 12.2 Å². The van der Waals surface area contributed by atoms with Crippen LogP contribution < -0.4 is 5.32 Å². The summed E-state index contributed by atoms with van der Waals surface area (Å²) in [7, 11) is 0. The number of carbonyl (C=O) groups is 1. The summed E-state index contributed by atoms with van der Waals surface area (Å²) in [4.78, 5) is 14.9. The van der Waals surface area contributed by atoms with Gasteiger partial charge in [-0.05, 0) is 25.2 Å². The van der Waals surface area contributed by atoms with Crippen LogP contribution in [0.4, 0.5) is 0 Å². The van der Waals surface area contributed by atoms with Crippen LogP contribution in [0.1, 0.15) is 46.0 Å². The van der Waals surface area contributed by atoms with Gasteiger partial charge in [0.1, 0.15) is 0 Å². The van der Waals surface area contributed by atoms with Gasteiger partial charge in [-0.15, -0.1) is 0 Å². The van der Waals surface area contributed by atoms with E-state index in [-0.39, 0.29) is 11.8 Å². The molecule has 0 bridgehead atoms. The molecule has 0 aromatic rings. The quantitative estimate of drug-likeness (QED) is 0.735. The summed E-state index contributed by atoms with van der Waals surface area (Å²) in [6.45, 7) is 8.92. The van der Waals surface area contributed by atoms with E-state index in [1.807, 2.05) is 0 Å². The monoisotopic (exact) mass is 308 g/mol. The van der Waals surface area contributed by atoms with Gasteiger partial charge in [-0.3, -0.25) is 9.69 Å². The summed E-state index contributed by atoms with van der Waals surface area (Å²) >= 11 is 0. The maximum atomic E-state index is 12.4. The summed E-state index contributed by atoms with van der Waals surface area (Å²) in [5.74, 6) is 1.07. The predicted molar refractivity (Wildman–Crippen MR) is 89.7 cm³/mol. The first-order valence-corrected chi connectivity index (χ1v) is 9.00. The smallest absolute Gasteiger partial charge is 0.223 e. The molecule has 0 spiro atoms. The Morgan fingerprint density at radius 3 is 2.59 bits per heavy atom. The van der Waals surface area contributed by atoms with Crippen molar-refractivity contribution in [3.8, 4) is 0 Å². The second kappa shape index (κ2) is 9.31. The van der Waals surface area contributed by atoms with Gasteiger partial charge in [0.25, 0.3) is 0 Å². The highest BCUT2D eigenvalue weighted by atomic mass is 16.5. The van der Waals surface area contributed by atoms with Crippen molar-refractivity contribution < 1.29 is 9.53 Å². The first-order valence-electron chi connectivity index (χ1n) is 9.00. The number of allylic oxidation sites excluding steroid dienone is 2. The molecule has 2 aliphatic rings. The minimum Gasteiger partial charge on any atom is -0.379 e. The van der Waals surface area contributed by atoms with Crippen LogP contribution >= 0.6 is 0 Å². The summed E-state index contributed by atoms with van der Waals surface area (Å²) in [6, 6.07) is 0.446. The molecule has 1 aliphatic heterocycles. The number of hydrogen-bond donors (Lipinski definition) is 1. The van der Waals surface area contributed by atoms with Crippen LogP contribution in [0.2, 0.25) is 0 Å². The maximum Gasteiger partial charge on any atom is 0.223 e. The van der Waals surface area contributed by atoms with Gasteiger partial charge in [-0.1, -0.05) is 38.8 Å². The van der Waals surface area contributed by atoms with Crippen molar-refractivity contribution in [1.29, 1.82) is 0 Å². The van der Waals surface area contributed by atoms with Gasteiger partial charge in [0, 0.05) is 31.6 Å². The van der Waals surface area contributed by atoms with E-state index in [2.05, 4.69) is 36.2 Å². The number of nitrogens with zero attached hydrogens (tertiary/aromatic N) is 1. The summed E-state index contributed by atoms with van der Waals surface area (Å²) < 4.78 is 5.48. The van der Waals surface area contributed by atoms with Crippen LogP contribution in [-0.4, -0.2) is 49.7 Å². The topological polar surface area (TPSA) is 41.6 Å².